The number of amides is 1. The summed E-state index contributed by atoms with van der Waals surface area (Å²) in [5.74, 6) is 1.47. The Bertz CT molecular complexity index is 1340. The lowest BCUT2D eigenvalue weighted by molar-refractivity contribution is 0.0737. The summed E-state index contributed by atoms with van der Waals surface area (Å²) in [5, 5.41) is 4.81. The first-order chi connectivity index (χ1) is 16.4. The minimum atomic E-state index is -0.00793. The third-order valence-electron chi connectivity index (χ3n) is 6.52. The molecule has 1 amide bonds. The first-order valence-electron chi connectivity index (χ1n) is 11.7. The molecular weight excluding hydrogens is 424 g/mol. The number of carbonyl (C=O) groups excluding carboxylic acids is 1. The monoisotopic (exact) mass is 454 g/mol. The summed E-state index contributed by atoms with van der Waals surface area (Å²) in [6.07, 6.45) is 0. The number of aromatic nitrogens is 2. The predicted molar refractivity (Wildman–Crippen MR) is 135 cm³/mol. The van der Waals surface area contributed by atoms with Crippen molar-refractivity contribution < 1.29 is 9.21 Å². The fraction of sp³-hybridized carbons (Fsp3) is 0.286. The average Bonchev–Trinajstić information content (AvgIpc) is 3.46. The fourth-order valence-electron chi connectivity index (χ4n) is 4.68. The van der Waals surface area contributed by atoms with Crippen LogP contribution in [0.5, 0.6) is 0 Å². The molecule has 0 bridgehead atoms. The largest absolute Gasteiger partial charge is 0.460 e. The Morgan fingerprint density at radius 2 is 1.59 bits per heavy atom. The van der Waals surface area contributed by atoms with E-state index in [-0.39, 0.29) is 5.91 Å². The van der Waals surface area contributed by atoms with Gasteiger partial charge in [0.1, 0.15) is 17.1 Å². The molecular formula is C28H30N4O2. The minimum absolute atomic E-state index is 0.00793. The molecule has 0 unspecified atom stereocenters. The standard InChI is InChI=1S/C28H30N4O2/c1-19-9-11-25(21(3)17-19)32-26(18-23(29-32)27-12-10-22(4)34-27)28(33)31-15-13-30(14-16-31)24-8-6-5-7-20(24)2/h5-12,17-18H,13-16H2,1-4H3. The summed E-state index contributed by atoms with van der Waals surface area (Å²) in [5.41, 5.74) is 6.87. The number of piperazine rings is 1. The molecule has 1 fully saturated rings. The first-order valence-corrected chi connectivity index (χ1v) is 11.7. The molecule has 0 atom stereocenters. The van der Waals surface area contributed by atoms with E-state index >= 15 is 0 Å². The average molecular weight is 455 g/mol. The number of anilines is 1. The number of nitrogens with zero attached hydrogens (tertiary/aromatic N) is 4. The summed E-state index contributed by atoms with van der Waals surface area (Å²) >= 11 is 0. The number of hydrogen-bond donors (Lipinski definition) is 0. The van der Waals surface area contributed by atoms with Gasteiger partial charge in [-0.2, -0.15) is 5.10 Å². The van der Waals surface area contributed by atoms with Crippen LogP contribution in [-0.4, -0.2) is 46.8 Å². The topological polar surface area (TPSA) is 54.5 Å². The number of hydrogen-bond acceptors (Lipinski definition) is 4. The van der Waals surface area contributed by atoms with Crippen molar-refractivity contribution in [1.82, 2.24) is 14.7 Å². The second-order valence-electron chi connectivity index (χ2n) is 9.09. The maximum Gasteiger partial charge on any atom is 0.272 e. The molecule has 2 aromatic carbocycles. The van der Waals surface area contributed by atoms with Crippen LogP contribution in [0.3, 0.4) is 0 Å². The summed E-state index contributed by atoms with van der Waals surface area (Å²) in [7, 11) is 0. The Hall–Kier alpha value is -3.80. The molecule has 2 aromatic heterocycles. The third-order valence-corrected chi connectivity index (χ3v) is 6.52. The second kappa shape index (κ2) is 8.86. The zero-order valence-corrected chi connectivity index (χ0v) is 20.2. The molecule has 1 aliphatic rings. The van der Waals surface area contributed by atoms with E-state index in [0.717, 1.165) is 30.1 Å². The van der Waals surface area contributed by atoms with Crippen molar-refractivity contribution in [3.8, 4) is 17.1 Å². The molecule has 0 N–H and O–H groups in total. The number of carbonyl (C=O) groups is 1. The molecule has 0 saturated carbocycles. The van der Waals surface area contributed by atoms with Gasteiger partial charge in [0, 0.05) is 37.9 Å². The molecule has 6 heteroatoms. The van der Waals surface area contributed by atoms with Crippen molar-refractivity contribution in [2.45, 2.75) is 27.7 Å². The number of furan rings is 1. The molecule has 0 aliphatic carbocycles. The van der Waals surface area contributed by atoms with Crippen LogP contribution >= 0.6 is 0 Å². The van der Waals surface area contributed by atoms with Crippen molar-refractivity contribution in [1.29, 1.82) is 0 Å². The Kier molecular flexibility index (Phi) is 5.74. The Labute approximate surface area is 200 Å². The zero-order valence-electron chi connectivity index (χ0n) is 20.2. The second-order valence-corrected chi connectivity index (χ2v) is 9.09. The lowest BCUT2D eigenvalue weighted by Gasteiger charge is -2.36. The molecule has 1 saturated heterocycles. The number of para-hydroxylation sites is 1. The highest BCUT2D eigenvalue weighted by atomic mass is 16.3. The van der Waals surface area contributed by atoms with Gasteiger partial charge in [-0.1, -0.05) is 35.9 Å². The molecule has 3 heterocycles. The summed E-state index contributed by atoms with van der Waals surface area (Å²) in [6, 6.07) is 20.3. The van der Waals surface area contributed by atoms with E-state index in [0.29, 0.717) is 30.2 Å². The van der Waals surface area contributed by atoms with Gasteiger partial charge in [0.05, 0.1) is 5.69 Å². The lowest BCUT2D eigenvalue weighted by Crippen LogP contribution is -2.49. The SMILES string of the molecule is Cc1ccc(-n2nc(-c3ccc(C)o3)cc2C(=O)N2CCN(c3ccccc3C)CC2)c(C)c1. The van der Waals surface area contributed by atoms with Gasteiger partial charge >= 0.3 is 0 Å². The number of benzene rings is 2. The maximum absolute atomic E-state index is 13.7. The van der Waals surface area contributed by atoms with Gasteiger partial charge in [-0.3, -0.25) is 4.79 Å². The molecule has 4 aromatic rings. The molecule has 174 valence electrons. The zero-order chi connectivity index (χ0) is 23.8. The highest BCUT2D eigenvalue weighted by Gasteiger charge is 2.27. The van der Waals surface area contributed by atoms with Crippen molar-refractivity contribution >= 4 is 11.6 Å². The van der Waals surface area contributed by atoms with E-state index in [1.807, 2.05) is 36.1 Å². The fourth-order valence-corrected chi connectivity index (χ4v) is 4.68. The predicted octanol–water partition coefficient (Wildman–Crippen LogP) is 5.33. The van der Waals surface area contributed by atoms with E-state index in [2.05, 4.69) is 62.1 Å². The smallest absolute Gasteiger partial charge is 0.272 e. The summed E-state index contributed by atoms with van der Waals surface area (Å²) in [4.78, 5) is 18.0. The van der Waals surface area contributed by atoms with Crippen molar-refractivity contribution in [3.63, 3.8) is 0 Å². The highest BCUT2D eigenvalue weighted by Crippen LogP contribution is 2.27. The van der Waals surface area contributed by atoms with E-state index in [9.17, 15) is 4.79 Å². The molecule has 5 rings (SSSR count). The third kappa shape index (κ3) is 4.12. The number of aryl methyl sites for hydroxylation is 4. The van der Waals surface area contributed by atoms with Crippen molar-refractivity contribution in [2.75, 3.05) is 31.1 Å². The maximum atomic E-state index is 13.7. The van der Waals surface area contributed by atoms with E-state index in [4.69, 9.17) is 9.52 Å². The van der Waals surface area contributed by atoms with Crippen LogP contribution in [0.25, 0.3) is 17.1 Å². The van der Waals surface area contributed by atoms with E-state index in [1.165, 1.54) is 16.8 Å². The van der Waals surface area contributed by atoms with Crippen LogP contribution in [0.4, 0.5) is 5.69 Å². The lowest BCUT2D eigenvalue weighted by atomic mass is 10.1. The Balaban J connectivity index is 1.46. The van der Waals surface area contributed by atoms with Crippen LogP contribution in [0.1, 0.15) is 32.9 Å². The molecule has 6 nitrogen and oxygen atoms in total. The molecule has 0 spiro atoms. The quantitative estimate of drug-likeness (QED) is 0.418. The van der Waals surface area contributed by atoms with Gasteiger partial charge < -0.3 is 14.2 Å². The van der Waals surface area contributed by atoms with Gasteiger partial charge in [0.15, 0.2) is 5.76 Å². The molecule has 1 aliphatic heterocycles. The van der Waals surface area contributed by atoms with E-state index in [1.54, 1.807) is 4.68 Å². The molecule has 34 heavy (non-hydrogen) atoms. The van der Waals surface area contributed by atoms with Crippen LogP contribution in [0.15, 0.2) is 65.1 Å². The highest BCUT2D eigenvalue weighted by molar-refractivity contribution is 5.94. The van der Waals surface area contributed by atoms with Gasteiger partial charge in [0.25, 0.3) is 5.91 Å². The first kappa shape index (κ1) is 22.0. The summed E-state index contributed by atoms with van der Waals surface area (Å²) in [6.45, 7) is 11.1. The van der Waals surface area contributed by atoms with Crippen LogP contribution in [0, 0.1) is 27.7 Å². The minimum Gasteiger partial charge on any atom is -0.460 e. The van der Waals surface area contributed by atoms with Gasteiger partial charge in [-0.05, 0) is 63.1 Å². The Morgan fingerprint density at radius 1 is 0.824 bits per heavy atom. The van der Waals surface area contributed by atoms with Gasteiger partial charge in [-0.25, -0.2) is 4.68 Å². The van der Waals surface area contributed by atoms with Gasteiger partial charge in [-0.15, -0.1) is 0 Å². The summed E-state index contributed by atoms with van der Waals surface area (Å²) < 4.78 is 7.59. The van der Waals surface area contributed by atoms with Crippen LogP contribution < -0.4 is 4.90 Å². The van der Waals surface area contributed by atoms with Crippen LogP contribution in [0.2, 0.25) is 0 Å². The van der Waals surface area contributed by atoms with Gasteiger partial charge in [0.2, 0.25) is 0 Å². The van der Waals surface area contributed by atoms with Crippen LogP contribution in [-0.2, 0) is 0 Å². The molecule has 0 radical (unpaired) electrons. The normalized spacial score (nSPS) is 14.0. The van der Waals surface area contributed by atoms with Crippen molar-refractivity contribution in [2.24, 2.45) is 0 Å². The van der Waals surface area contributed by atoms with E-state index < -0.39 is 0 Å². The number of rotatable bonds is 4. The van der Waals surface area contributed by atoms with Crippen molar-refractivity contribution in [3.05, 3.63) is 88.8 Å². The Morgan fingerprint density at radius 3 is 2.26 bits per heavy atom.